The van der Waals surface area contributed by atoms with Crippen LogP contribution in [0.2, 0.25) is 5.02 Å². The minimum Gasteiger partial charge on any atom is -0.488 e. The lowest BCUT2D eigenvalue weighted by Gasteiger charge is -2.47. The maximum Gasteiger partial charge on any atom is 0.224 e. The normalized spacial score (nSPS) is 31.9. The number of halogens is 1. The molecule has 0 bridgehead atoms. The Morgan fingerprint density at radius 1 is 1.09 bits per heavy atom. The highest BCUT2D eigenvalue weighted by molar-refractivity contribution is 6.31. The van der Waals surface area contributed by atoms with Gasteiger partial charge in [-0.1, -0.05) is 29.8 Å². The topological polar surface area (TPSA) is 127 Å². The molecule has 2 fully saturated rings. The van der Waals surface area contributed by atoms with E-state index in [2.05, 4.69) is 0 Å². The lowest BCUT2D eigenvalue weighted by Crippen LogP contribution is -2.64. The first kappa shape index (κ1) is 26.3. The van der Waals surface area contributed by atoms with Crippen LogP contribution < -0.4 is 4.74 Å². The summed E-state index contributed by atoms with van der Waals surface area (Å²) in [5.41, 5.74) is 1.71. The van der Waals surface area contributed by atoms with Crippen molar-refractivity contribution in [3.8, 4) is 5.75 Å². The molecule has 4 N–H and O–H groups in total. The molecule has 0 radical (unpaired) electrons. The summed E-state index contributed by atoms with van der Waals surface area (Å²) in [7, 11) is 2.85. The fraction of sp³-hybridized carbons (Fsp3) is 0.520. The second-order valence-electron chi connectivity index (χ2n) is 8.66. The molecule has 35 heavy (non-hydrogen) atoms. The number of aliphatic hydroxyl groups is 4. The van der Waals surface area contributed by atoms with Gasteiger partial charge < -0.3 is 44.1 Å². The Balaban J connectivity index is 1.65. The van der Waals surface area contributed by atoms with Crippen molar-refractivity contribution in [2.75, 3.05) is 34.0 Å². The van der Waals surface area contributed by atoms with E-state index >= 15 is 0 Å². The Morgan fingerprint density at radius 3 is 2.43 bits per heavy atom. The van der Waals surface area contributed by atoms with Gasteiger partial charge >= 0.3 is 0 Å². The molecule has 4 rings (SSSR count). The maximum atomic E-state index is 10.8. The average molecular weight is 511 g/mol. The van der Waals surface area contributed by atoms with Crippen LogP contribution in [0.15, 0.2) is 42.5 Å². The van der Waals surface area contributed by atoms with E-state index in [0.717, 1.165) is 17.7 Å². The van der Waals surface area contributed by atoms with E-state index in [1.54, 1.807) is 25.3 Å². The number of ether oxygens (including phenoxy) is 5. The van der Waals surface area contributed by atoms with Gasteiger partial charge in [0, 0.05) is 36.8 Å². The molecule has 0 aromatic heterocycles. The predicted octanol–water partition coefficient (Wildman–Crippen LogP) is 1.52. The Bertz CT molecular complexity index is 979. The smallest absolute Gasteiger partial charge is 0.224 e. The Hall–Kier alpha value is -1.79. The summed E-state index contributed by atoms with van der Waals surface area (Å²) in [5, 5.41) is 41.4. The molecule has 0 aliphatic carbocycles. The first-order valence-electron chi connectivity index (χ1n) is 11.4. The fourth-order valence-electron chi connectivity index (χ4n) is 4.59. The number of aliphatic hydroxyl groups excluding tert-OH is 4. The van der Waals surface area contributed by atoms with E-state index in [-0.39, 0.29) is 6.10 Å². The molecule has 2 saturated heterocycles. The number of rotatable bonds is 8. The lowest BCUT2D eigenvalue weighted by atomic mass is 9.86. The van der Waals surface area contributed by atoms with Crippen molar-refractivity contribution in [1.29, 1.82) is 0 Å². The number of methoxy groups -OCH3 is 2. The molecule has 1 unspecified atom stereocenters. The van der Waals surface area contributed by atoms with Crippen LogP contribution in [-0.4, -0.2) is 85.0 Å². The van der Waals surface area contributed by atoms with Crippen molar-refractivity contribution in [1.82, 2.24) is 0 Å². The predicted molar refractivity (Wildman–Crippen MR) is 125 cm³/mol. The van der Waals surface area contributed by atoms with Crippen molar-refractivity contribution in [2.45, 2.75) is 48.8 Å². The molecular weight excluding hydrogens is 480 g/mol. The quantitative estimate of drug-likeness (QED) is 0.418. The SMILES string of the molecule is COC(c1ccc(O[C@H]2CCOC2)cc1)c1cc([C@]2(OC)O[C@H](CO)[C@@H](O)[C@H](O)[C@H]2O)ccc1Cl. The monoisotopic (exact) mass is 510 g/mol. The van der Waals surface area contributed by atoms with E-state index in [1.807, 2.05) is 24.3 Å². The summed E-state index contributed by atoms with van der Waals surface area (Å²) in [5.74, 6) is -1.14. The van der Waals surface area contributed by atoms with Crippen LogP contribution in [0.5, 0.6) is 5.75 Å². The molecule has 192 valence electrons. The van der Waals surface area contributed by atoms with Gasteiger partial charge in [-0.25, -0.2) is 0 Å². The lowest BCUT2D eigenvalue weighted by molar-refractivity contribution is -0.366. The van der Waals surface area contributed by atoms with Crippen molar-refractivity contribution in [3.05, 3.63) is 64.2 Å². The van der Waals surface area contributed by atoms with E-state index in [0.29, 0.717) is 29.4 Å². The van der Waals surface area contributed by atoms with Crippen LogP contribution in [0.3, 0.4) is 0 Å². The summed E-state index contributed by atoms with van der Waals surface area (Å²) < 4.78 is 28.4. The Labute approximate surface area is 208 Å². The molecule has 7 atom stereocenters. The van der Waals surface area contributed by atoms with Crippen molar-refractivity contribution in [3.63, 3.8) is 0 Å². The molecule has 2 aromatic rings. The molecule has 2 aliphatic heterocycles. The third-order valence-corrected chi connectivity index (χ3v) is 6.89. The summed E-state index contributed by atoms with van der Waals surface area (Å²) >= 11 is 6.54. The van der Waals surface area contributed by atoms with Gasteiger partial charge in [0.1, 0.15) is 42.4 Å². The summed E-state index contributed by atoms with van der Waals surface area (Å²) in [6.07, 6.45) is -5.62. The number of hydrogen-bond donors (Lipinski definition) is 4. The van der Waals surface area contributed by atoms with Gasteiger partial charge in [-0.3, -0.25) is 0 Å². The van der Waals surface area contributed by atoms with Crippen molar-refractivity contribution in [2.24, 2.45) is 0 Å². The van der Waals surface area contributed by atoms with Crippen molar-refractivity contribution >= 4 is 11.6 Å². The van der Waals surface area contributed by atoms with Gasteiger partial charge in [0.2, 0.25) is 5.79 Å². The summed E-state index contributed by atoms with van der Waals surface area (Å²) in [6, 6.07) is 12.3. The van der Waals surface area contributed by atoms with Gasteiger partial charge in [0.05, 0.1) is 19.8 Å². The van der Waals surface area contributed by atoms with Crippen molar-refractivity contribution < 1.29 is 44.1 Å². The molecule has 9 nitrogen and oxygen atoms in total. The first-order valence-corrected chi connectivity index (χ1v) is 11.8. The van der Waals surface area contributed by atoms with E-state index < -0.39 is 42.9 Å². The van der Waals surface area contributed by atoms with Gasteiger partial charge in [0.15, 0.2) is 0 Å². The summed E-state index contributed by atoms with van der Waals surface area (Å²) in [6.45, 7) is 0.682. The third-order valence-electron chi connectivity index (χ3n) is 6.54. The van der Waals surface area contributed by atoms with Gasteiger partial charge in [-0.2, -0.15) is 0 Å². The van der Waals surface area contributed by atoms with Crippen LogP contribution >= 0.6 is 11.6 Å². The van der Waals surface area contributed by atoms with Gasteiger partial charge in [-0.15, -0.1) is 0 Å². The second kappa shape index (κ2) is 11.1. The van der Waals surface area contributed by atoms with E-state index in [4.69, 9.17) is 35.3 Å². The summed E-state index contributed by atoms with van der Waals surface area (Å²) in [4.78, 5) is 0. The molecular formula is C25H31ClO9. The highest BCUT2D eigenvalue weighted by Crippen LogP contribution is 2.42. The highest BCUT2D eigenvalue weighted by atomic mass is 35.5. The zero-order chi connectivity index (χ0) is 25.2. The van der Waals surface area contributed by atoms with Crippen LogP contribution in [0, 0.1) is 0 Å². The van der Waals surface area contributed by atoms with E-state index in [1.165, 1.54) is 7.11 Å². The molecule has 10 heteroatoms. The van der Waals surface area contributed by atoms with Crippen LogP contribution in [0.25, 0.3) is 0 Å². The average Bonchev–Trinajstić information content (AvgIpc) is 3.39. The van der Waals surface area contributed by atoms with Crippen LogP contribution in [-0.2, 0) is 24.7 Å². The van der Waals surface area contributed by atoms with Gasteiger partial charge in [0.25, 0.3) is 0 Å². The standard InChI is InChI=1S/C25H31ClO9/c1-31-23(14-3-6-16(7-4-14)34-17-9-10-33-13-17)18-11-15(5-8-19(18)26)25(32-2)24(30)22(29)21(28)20(12-27)35-25/h3-8,11,17,20-24,27-30H,9-10,12-13H2,1-2H3/t17-,20+,21+,22-,23?,24+,25-/m0/s1. The zero-order valence-electron chi connectivity index (χ0n) is 19.5. The van der Waals surface area contributed by atoms with E-state index in [9.17, 15) is 20.4 Å². The highest BCUT2D eigenvalue weighted by Gasteiger charge is 2.55. The second-order valence-corrected chi connectivity index (χ2v) is 9.07. The minimum absolute atomic E-state index is 0.0361. The maximum absolute atomic E-state index is 10.8. The largest absolute Gasteiger partial charge is 0.488 e. The first-order chi connectivity index (χ1) is 16.8. The Morgan fingerprint density at radius 2 is 1.83 bits per heavy atom. The molecule has 2 aromatic carbocycles. The zero-order valence-corrected chi connectivity index (χ0v) is 20.3. The molecule has 0 amide bonds. The Kier molecular flexibility index (Phi) is 8.32. The van der Waals surface area contributed by atoms with Gasteiger partial charge in [-0.05, 0) is 29.8 Å². The molecule has 2 heterocycles. The minimum atomic E-state index is -1.86. The van der Waals surface area contributed by atoms with Crippen LogP contribution in [0.1, 0.15) is 29.2 Å². The number of hydrogen-bond acceptors (Lipinski definition) is 9. The molecule has 2 aliphatic rings. The third kappa shape index (κ3) is 5.06. The fourth-order valence-corrected chi connectivity index (χ4v) is 4.81. The molecule has 0 spiro atoms. The van der Waals surface area contributed by atoms with Crippen LogP contribution in [0.4, 0.5) is 0 Å². The number of benzene rings is 2. The molecule has 0 saturated carbocycles.